The van der Waals surface area contributed by atoms with Crippen molar-refractivity contribution in [1.82, 2.24) is 0 Å². The van der Waals surface area contributed by atoms with E-state index in [1.54, 1.807) is 6.92 Å². The van der Waals surface area contributed by atoms with Crippen molar-refractivity contribution in [2.75, 3.05) is 0 Å². The van der Waals surface area contributed by atoms with E-state index < -0.39 is 31.9 Å². The van der Waals surface area contributed by atoms with Crippen molar-refractivity contribution in [2.24, 2.45) is 5.92 Å². The number of hydrogen-bond acceptors (Lipinski definition) is 3. The van der Waals surface area contributed by atoms with Gasteiger partial charge in [-0.1, -0.05) is 13.8 Å². The first-order valence-corrected chi connectivity index (χ1v) is 6.65. The smallest absolute Gasteiger partial charge is 0.160 e. The Labute approximate surface area is 86.5 Å². The van der Waals surface area contributed by atoms with Crippen LogP contribution in [-0.4, -0.2) is 38.4 Å². The molecule has 5 heteroatoms. The summed E-state index contributed by atoms with van der Waals surface area (Å²) in [7, 11) is 2.62. The molecule has 0 aliphatic carbocycles. The minimum atomic E-state index is -3.09. The van der Waals surface area contributed by atoms with E-state index >= 15 is 0 Å². The third-order valence-electron chi connectivity index (χ3n) is 4.06. The molecule has 78 valence electrons. The Balaban J connectivity index is 2.56. The van der Waals surface area contributed by atoms with Crippen LogP contribution in [-0.2, 0) is 14.6 Å². The molecule has 14 heavy (non-hydrogen) atoms. The van der Waals surface area contributed by atoms with Crippen LogP contribution >= 0.6 is 0 Å². The highest BCUT2D eigenvalue weighted by molar-refractivity contribution is 7.93. The fourth-order valence-corrected chi connectivity index (χ4v) is 5.83. The van der Waals surface area contributed by atoms with E-state index in [-0.39, 0.29) is 5.92 Å². The summed E-state index contributed by atoms with van der Waals surface area (Å²) >= 11 is 0. The SMILES string of the molecule is [B][C@@H]1O[C@]2(CC)C(C)[C@@H]1S(=O)(=O)[C@@H]2C. The van der Waals surface area contributed by atoms with Gasteiger partial charge in [0.05, 0.1) is 16.1 Å². The summed E-state index contributed by atoms with van der Waals surface area (Å²) in [5.74, 6) is 0.0162. The van der Waals surface area contributed by atoms with Crippen molar-refractivity contribution in [3.63, 3.8) is 0 Å². The summed E-state index contributed by atoms with van der Waals surface area (Å²) in [4.78, 5) is 0. The summed E-state index contributed by atoms with van der Waals surface area (Å²) in [6, 6.07) is -0.633. The van der Waals surface area contributed by atoms with Gasteiger partial charge in [0.1, 0.15) is 7.85 Å². The second-order valence-electron chi connectivity index (χ2n) is 4.38. The van der Waals surface area contributed by atoms with Gasteiger partial charge in [0.25, 0.3) is 0 Å². The lowest BCUT2D eigenvalue weighted by Crippen LogP contribution is -2.47. The fraction of sp³-hybridized carbons (Fsp3) is 1.00. The molecule has 2 fully saturated rings. The third kappa shape index (κ3) is 0.903. The van der Waals surface area contributed by atoms with Gasteiger partial charge in [0.2, 0.25) is 0 Å². The molecule has 0 aromatic carbocycles. The molecular formula is C9H15BO3S. The third-order valence-corrected chi connectivity index (χ3v) is 6.88. The molecule has 3 nitrogen and oxygen atoms in total. The van der Waals surface area contributed by atoms with Gasteiger partial charge in [-0.25, -0.2) is 8.42 Å². The number of hydrogen-bond donors (Lipinski definition) is 0. The minimum Gasteiger partial charge on any atom is -0.379 e. The first kappa shape index (κ1) is 10.5. The molecule has 1 unspecified atom stereocenters. The van der Waals surface area contributed by atoms with Crippen molar-refractivity contribution < 1.29 is 13.2 Å². The highest BCUT2D eigenvalue weighted by atomic mass is 32.2. The molecular weight excluding hydrogens is 199 g/mol. The normalized spacial score (nSPS) is 55.1. The summed E-state index contributed by atoms with van der Waals surface area (Å²) < 4.78 is 29.6. The van der Waals surface area contributed by atoms with Crippen molar-refractivity contribution in [2.45, 2.75) is 49.3 Å². The lowest BCUT2D eigenvalue weighted by molar-refractivity contribution is -0.0353. The van der Waals surface area contributed by atoms with E-state index in [2.05, 4.69) is 0 Å². The Kier molecular flexibility index (Phi) is 2.07. The maximum absolute atomic E-state index is 12.0. The summed E-state index contributed by atoms with van der Waals surface area (Å²) in [6.45, 7) is 5.63. The predicted molar refractivity (Wildman–Crippen MR) is 55.0 cm³/mol. The largest absolute Gasteiger partial charge is 0.379 e. The van der Waals surface area contributed by atoms with Crippen LogP contribution in [0.2, 0.25) is 0 Å². The summed E-state index contributed by atoms with van der Waals surface area (Å²) in [5.41, 5.74) is -0.539. The average Bonchev–Trinajstić information content (AvgIpc) is 2.43. The lowest BCUT2D eigenvalue weighted by Gasteiger charge is -2.35. The van der Waals surface area contributed by atoms with E-state index in [1.165, 1.54) is 0 Å². The average molecular weight is 214 g/mol. The highest BCUT2D eigenvalue weighted by Gasteiger charge is 2.67. The zero-order valence-electron chi connectivity index (χ0n) is 8.73. The van der Waals surface area contributed by atoms with Crippen LogP contribution in [0.15, 0.2) is 0 Å². The molecule has 5 atom stereocenters. The standard InChI is InChI=1S/C9H15BO3S/c1-4-9-5(2)7(8(10)13-9)14(11,12)6(9)3/h5-8H,4H2,1-3H3/t5?,6-,7+,8-,9-/m1/s1. The van der Waals surface area contributed by atoms with E-state index in [0.717, 1.165) is 0 Å². The predicted octanol–water partition coefficient (Wildman–Crippen LogP) is 0.482. The van der Waals surface area contributed by atoms with E-state index in [9.17, 15) is 8.42 Å². The molecule has 2 radical (unpaired) electrons. The molecule has 0 saturated carbocycles. The summed E-state index contributed by atoms with van der Waals surface area (Å²) in [5, 5.41) is -0.919. The monoisotopic (exact) mass is 214 g/mol. The Morgan fingerprint density at radius 3 is 2.36 bits per heavy atom. The molecule has 0 spiro atoms. The van der Waals surface area contributed by atoms with E-state index in [0.29, 0.717) is 6.42 Å². The van der Waals surface area contributed by atoms with E-state index in [1.807, 2.05) is 13.8 Å². The highest BCUT2D eigenvalue weighted by Crippen LogP contribution is 2.52. The van der Waals surface area contributed by atoms with Gasteiger partial charge in [-0.15, -0.1) is 0 Å². The Bertz CT molecular complexity index is 353. The topological polar surface area (TPSA) is 43.4 Å². The van der Waals surface area contributed by atoms with Crippen molar-refractivity contribution in [1.29, 1.82) is 0 Å². The van der Waals surface area contributed by atoms with Gasteiger partial charge >= 0.3 is 0 Å². The van der Waals surface area contributed by atoms with Gasteiger partial charge in [-0.3, -0.25) is 0 Å². The van der Waals surface area contributed by atoms with Gasteiger partial charge in [-0.2, -0.15) is 0 Å². The van der Waals surface area contributed by atoms with Crippen molar-refractivity contribution in [3.05, 3.63) is 0 Å². The maximum Gasteiger partial charge on any atom is 0.160 e. The van der Waals surface area contributed by atoms with Gasteiger partial charge in [0.15, 0.2) is 9.84 Å². The van der Waals surface area contributed by atoms with Crippen molar-refractivity contribution in [3.8, 4) is 0 Å². The zero-order chi connectivity index (χ0) is 10.7. The van der Waals surface area contributed by atoms with Crippen LogP contribution in [0.4, 0.5) is 0 Å². The van der Waals surface area contributed by atoms with Crippen LogP contribution in [0, 0.1) is 5.92 Å². The molecule has 0 N–H and O–H groups in total. The second-order valence-corrected chi connectivity index (χ2v) is 6.81. The maximum atomic E-state index is 12.0. The van der Waals surface area contributed by atoms with E-state index in [4.69, 9.17) is 12.6 Å². The van der Waals surface area contributed by atoms with Crippen LogP contribution in [0.3, 0.4) is 0 Å². The van der Waals surface area contributed by atoms with Crippen LogP contribution < -0.4 is 0 Å². The lowest BCUT2D eigenvalue weighted by atomic mass is 9.82. The first-order chi connectivity index (χ1) is 6.38. The molecule has 2 bridgehead atoms. The van der Waals surface area contributed by atoms with Gasteiger partial charge in [-0.05, 0) is 13.3 Å². The number of sulfone groups is 1. The fourth-order valence-electron chi connectivity index (χ4n) is 3.13. The molecule has 2 saturated heterocycles. The molecule has 2 rings (SSSR count). The molecule has 2 heterocycles. The minimum absolute atomic E-state index is 0.0162. The molecule has 0 amide bonds. The molecule has 2 aliphatic rings. The Morgan fingerprint density at radius 1 is 1.43 bits per heavy atom. The van der Waals surface area contributed by atoms with Crippen molar-refractivity contribution >= 4 is 17.7 Å². The Morgan fingerprint density at radius 2 is 2.00 bits per heavy atom. The van der Waals surface area contributed by atoms with Gasteiger partial charge in [0, 0.05) is 11.9 Å². The van der Waals surface area contributed by atoms with Gasteiger partial charge < -0.3 is 4.74 Å². The molecule has 2 aliphatic heterocycles. The zero-order valence-corrected chi connectivity index (χ0v) is 9.54. The Hall–Kier alpha value is -0.0251. The quantitative estimate of drug-likeness (QED) is 0.596. The molecule has 0 aromatic heterocycles. The molecule has 0 aromatic rings. The summed E-state index contributed by atoms with van der Waals surface area (Å²) in [6.07, 6.45) is 0.707. The number of fused-ring (bicyclic) bond motifs is 2. The van der Waals surface area contributed by atoms with Crippen LogP contribution in [0.1, 0.15) is 27.2 Å². The number of rotatable bonds is 1. The van der Waals surface area contributed by atoms with Crippen LogP contribution in [0.25, 0.3) is 0 Å². The first-order valence-electron chi connectivity index (χ1n) is 5.04. The number of ether oxygens (including phenoxy) is 1. The van der Waals surface area contributed by atoms with Crippen LogP contribution in [0.5, 0.6) is 0 Å². The second kappa shape index (κ2) is 2.76.